The largest absolute Gasteiger partial charge is 0.507 e. The quantitative estimate of drug-likeness (QED) is 0.480. The summed E-state index contributed by atoms with van der Waals surface area (Å²) in [5.74, 6) is -0.0643. The topological polar surface area (TPSA) is 88.0 Å². The molecule has 0 amide bonds. The van der Waals surface area contributed by atoms with Crippen molar-refractivity contribution in [3.8, 4) is 28.4 Å². The molecule has 6 nitrogen and oxygen atoms in total. The van der Waals surface area contributed by atoms with Crippen molar-refractivity contribution in [2.45, 2.75) is 4.21 Å². The molecular formula is C18H12ClNO5S2. The second-order valence-corrected chi connectivity index (χ2v) is 8.32. The first-order chi connectivity index (χ1) is 13.0. The zero-order valence-electron chi connectivity index (χ0n) is 13.6. The second-order valence-electron chi connectivity index (χ2n) is 5.56. The van der Waals surface area contributed by atoms with Crippen LogP contribution in [0.4, 0.5) is 5.69 Å². The van der Waals surface area contributed by atoms with Crippen molar-refractivity contribution >= 4 is 46.5 Å². The standard InChI is InChI=1S/C18H12ClNO5S2/c19-17-12(9-1-4-14-15(5-9)25-8-24-14)7-16(26-17)27-20-10-2-3-11(18(22)23)13(21)6-10/h1-7,20-21H,8H2,(H,22,23). The van der Waals surface area contributed by atoms with Gasteiger partial charge in [0.15, 0.2) is 11.5 Å². The van der Waals surface area contributed by atoms with E-state index in [1.54, 1.807) is 6.07 Å². The third kappa shape index (κ3) is 3.64. The zero-order chi connectivity index (χ0) is 19.0. The Labute approximate surface area is 167 Å². The van der Waals surface area contributed by atoms with Gasteiger partial charge in [-0.2, -0.15) is 0 Å². The minimum Gasteiger partial charge on any atom is -0.507 e. The average Bonchev–Trinajstić information content (AvgIpc) is 3.25. The van der Waals surface area contributed by atoms with Crippen LogP contribution in [0, 0.1) is 0 Å². The van der Waals surface area contributed by atoms with Crippen molar-refractivity contribution in [2.75, 3.05) is 11.5 Å². The molecule has 138 valence electrons. The Balaban J connectivity index is 1.50. The van der Waals surface area contributed by atoms with Crippen molar-refractivity contribution in [3.05, 3.63) is 52.4 Å². The lowest BCUT2D eigenvalue weighted by atomic mass is 10.1. The molecule has 3 aromatic rings. The number of carboxylic acid groups (broad SMARTS) is 1. The number of ether oxygens (including phenoxy) is 2. The van der Waals surface area contributed by atoms with Crippen LogP contribution >= 0.6 is 34.9 Å². The van der Waals surface area contributed by atoms with E-state index in [0.717, 1.165) is 15.3 Å². The predicted octanol–water partition coefficient (Wildman–Crippen LogP) is 5.32. The molecule has 1 aromatic heterocycles. The first-order valence-electron chi connectivity index (χ1n) is 7.70. The van der Waals surface area contributed by atoms with Crippen LogP contribution in [-0.4, -0.2) is 23.0 Å². The molecule has 0 bridgehead atoms. The van der Waals surface area contributed by atoms with Gasteiger partial charge in [0.2, 0.25) is 6.79 Å². The lowest BCUT2D eigenvalue weighted by molar-refractivity contribution is 0.0694. The highest BCUT2D eigenvalue weighted by Crippen LogP contribution is 2.43. The highest BCUT2D eigenvalue weighted by atomic mass is 35.5. The van der Waals surface area contributed by atoms with Crippen LogP contribution in [0.5, 0.6) is 17.2 Å². The third-order valence-electron chi connectivity index (χ3n) is 3.85. The van der Waals surface area contributed by atoms with E-state index in [4.69, 9.17) is 26.2 Å². The van der Waals surface area contributed by atoms with E-state index >= 15 is 0 Å². The third-order valence-corrected chi connectivity index (χ3v) is 6.16. The molecule has 27 heavy (non-hydrogen) atoms. The van der Waals surface area contributed by atoms with Crippen molar-refractivity contribution in [3.63, 3.8) is 0 Å². The zero-order valence-corrected chi connectivity index (χ0v) is 16.0. The van der Waals surface area contributed by atoms with Crippen molar-refractivity contribution in [2.24, 2.45) is 0 Å². The summed E-state index contributed by atoms with van der Waals surface area (Å²) in [6.45, 7) is 0.217. The summed E-state index contributed by atoms with van der Waals surface area (Å²) in [6, 6.07) is 11.9. The molecule has 0 saturated carbocycles. The summed E-state index contributed by atoms with van der Waals surface area (Å²) in [5, 5.41) is 18.7. The molecule has 1 aliphatic rings. The Morgan fingerprint density at radius 3 is 2.74 bits per heavy atom. The van der Waals surface area contributed by atoms with Gasteiger partial charge in [-0.15, -0.1) is 11.3 Å². The van der Waals surface area contributed by atoms with E-state index in [1.807, 2.05) is 24.3 Å². The van der Waals surface area contributed by atoms with Gasteiger partial charge in [-0.3, -0.25) is 0 Å². The lowest BCUT2D eigenvalue weighted by Crippen LogP contribution is -1.97. The fourth-order valence-electron chi connectivity index (χ4n) is 2.54. The van der Waals surface area contributed by atoms with Gasteiger partial charge >= 0.3 is 5.97 Å². The fraction of sp³-hybridized carbons (Fsp3) is 0.0556. The molecule has 0 spiro atoms. The molecule has 4 rings (SSSR count). The number of fused-ring (bicyclic) bond motifs is 1. The number of hydrogen-bond donors (Lipinski definition) is 3. The van der Waals surface area contributed by atoms with E-state index in [9.17, 15) is 9.90 Å². The van der Waals surface area contributed by atoms with Crippen molar-refractivity contribution in [1.29, 1.82) is 0 Å². The number of hydrogen-bond acceptors (Lipinski definition) is 7. The molecule has 3 N–H and O–H groups in total. The van der Waals surface area contributed by atoms with Crippen LogP contribution in [0.25, 0.3) is 11.1 Å². The van der Waals surface area contributed by atoms with Crippen LogP contribution in [0.2, 0.25) is 4.34 Å². The number of rotatable bonds is 5. The molecular weight excluding hydrogens is 410 g/mol. The molecule has 0 unspecified atom stereocenters. The van der Waals surface area contributed by atoms with E-state index in [0.29, 0.717) is 21.5 Å². The molecule has 0 fully saturated rings. The van der Waals surface area contributed by atoms with Crippen LogP contribution in [0.15, 0.2) is 46.7 Å². The number of carbonyl (C=O) groups is 1. The molecule has 1 aliphatic heterocycles. The van der Waals surface area contributed by atoms with Gasteiger partial charge in [0.1, 0.15) is 15.6 Å². The molecule has 2 aromatic carbocycles. The van der Waals surface area contributed by atoms with E-state index in [-0.39, 0.29) is 18.1 Å². The Bertz CT molecular complexity index is 1040. The number of benzene rings is 2. The average molecular weight is 422 g/mol. The van der Waals surface area contributed by atoms with Gasteiger partial charge in [0.05, 0.1) is 4.21 Å². The number of anilines is 1. The number of thiophene rings is 1. The summed E-state index contributed by atoms with van der Waals surface area (Å²) < 4.78 is 15.4. The lowest BCUT2D eigenvalue weighted by Gasteiger charge is -2.06. The number of aromatic hydroxyl groups is 1. The fourth-order valence-corrected chi connectivity index (χ4v) is 4.80. The SMILES string of the molecule is O=C(O)c1ccc(NSc2cc(-c3ccc4c(c3)OCO4)c(Cl)s2)cc1O. The van der Waals surface area contributed by atoms with E-state index in [1.165, 1.54) is 35.4 Å². The molecule has 0 radical (unpaired) electrons. The first-order valence-corrected chi connectivity index (χ1v) is 9.71. The molecule has 9 heteroatoms. The van der Waals surface area contributed by atoms with Crippen LogP contribution in [-0.2, 0) is 0 Å². The van der Waals surface area contributed by atoms with Gasteiger partial charge in [-0.05, 0) is 47.8 Å². The normalized spacial score (nSPS) is 12.2. The van der Waals surface area contributed by atoms with E-state index in [2.05, 4.69) is 4.72 Å². The second kappa shape index (κ2) is 7.22. The van der Waals surface area contributed by atoms with Crippen LogP contribution in [0.1, 0.15) is 10.4 Å². The maximum absolute atomic E-state index is 10.9. The van der Waals surface area contributed by atoms with Gasteiger partial charge in [-0.25, -0.2) is 4.79 Å². The van der Waals surface area contributed by atoms with Crippen molar-refractivity contribution in [1.82, 2.24) is 0 Å². The first kappa shape index (κ1) is 17.8. The maximum Gasteiger partial charge on any atom is 0.339 e. The van der Waals surface area contributed by atoms with Gasteiger partial charge < -0.3 is 24.4 Å². The summed E-state index contributed by atoms with van der Waals surface area (Å²) in [7, 11) is 0. The van der Waals surface area contributed by atoms with E-state index < -0.39 is 5.97 Å². The van der Waals surface area contributed by atoms with Crippen LogP contribution in [0.3, 0.4) is 0 Å². The molecule has 0 saturated heterocycles. The molecule has 2 heterocycles. The Morgan fingerprint density at radius 2 is 1.96 bits per heavy atom. The Morgan fingerprint density at radius 1 is 1.15 bits per heavy atom. The van der Waals surface area contributed by atoms with Gasteiger partial charge in [0.25, 0.3) is 0 Å². The van der Waals surface area contributed by atoms with Crippen LogP contribution < -0.4 is 14.2 Å². The number of phenols is 1. The summed E-state index contributed by atoms with van der Waals surface area (Å²) >= 11 is 9.13. The summed E-state index contributed by atoms with van der Waals surface area (Å²) in [6.07, 6.45) is 0. The molecule has 0 atom stereocenters. The van der Waals surface area contributed by atoms with Crippen molar-refractivity contribution < 1.29 is 24.5 Å². The summed E-state index contributed by atoms with van der Waals surface area (Å²) in [4.78, 5) is 10.9. The smallest absolute Gasteiger partial charge is 0.339 e. The minimum absolute atomic E-state index is 0.144. The Kier molecular flexibility index (Phi) is 4.77. The maximum atomic E-state index is 10.9. The number of carboxylic acids is 1. The molecule has 0 aliphatic carbocycles. The van der Waals surface area contributed by atoms with Gasteiger partial charge in [0, 0.05) is 17.3 Å². The highest BCUT2D eigenvalue weighted by Gasteiger charge is 2.17. The number of halogens is 1. The minimum atomic E-state index is -1.18. The number of aromatic carboxylic acids is 1. The summed E-state index contributed by atoms with van der Waals surface area (Å²) in [5.41, 5.74) is 2.25. The predicted molar refractivity (Wildman–Crippen MR) is 105 cm³/mol. The highest BCUT2D eigenvalue weighted by molar-refractivity contribution is 8.02. The van der Waals surface area contributed by atoms with Gasteiger partial charge in [-0.1, -0.05) is 17.7 Å². The monoisotopic (exact) mass is 421 g/mol. The number of nitrogens with one attached hydrogen (secondary N) is 1. The Hall–Kier alpha value is -2.55.